The number of β-amino-alcohol motifs (C(OH)–C–C–N with tert-alkyl or cyclic N) is 1. The summed E-state index contributed by atoms with van der Waals surface area (Å²) in [4.78, 5) is 26.8. The van der Waals surface area contributed by atoms with Crippen LogP contribution in [0.2, 0.25) is 0 Å². The fourth-order valence-electron chi connectivity index (χ4n) is 2.87. The number of nitrogens with one attached hydrogen (secondary N) is 1. The van der Waals surface area contributed by atoms with Gasteiger partial charge in [0, 0.05) is 33.1 Å². The molecule has 0 unspecified atom stereocenters. The molecule has 1 atom stereocenters. The van der Waals surface area contributed by atoms with E-state index in [1.807, 2.05) is 18.2 Å². The van der Waals surface area contributed by atoms with Crippen molar-refractivity contribution >= 4 is 11.9 Å². The molecule has 1 aliphatic heterocycles. The summed E-state index contributed by atoms with van der Waals surface area (Å²) in [6, 6.07) is 10.1. The number of amides is 3. The van der Waals surface area contributed by atoms with Crippen LogP contribution >= 0.6 is 0 Å². The number of rotatable bonds is 5. The largest absolute Gasteiger partial charge is 0.389 e. The molecule has 1 aliphatic rings. The van der Waals surface area contributed by atoms with Crippen LogP contribution in [0.3, 0.4) is 0 Å². The molecule has 24 heavy (non-hydrogen) atoms. The predicted molar refractivity (Wildman–Crippen MR) is 92.6 cm³/mol. The van der Waals surface area contributed by atoms with Gasteiger partial charge >= 0.3 is 6.03 Å². The number of carbonyl (C=O) groups excluding carboxylic acids is 2. The summed E-state index contributed by atoms with van der Waals surface area (Å²) in [5, 5.41) is 12.9. The monoisotopic (exact) mass is 333 g/mol. The number of nitrogens with zero attached hydrogens (tertiary/aromatic N) is 2. The van der Waals surface area contributed by atoms with Gasteiger partial charge in [0.05, 0.1) is 12.6 Å². The maximum atomic E-state index is 12.2. The molecule has 6 heteroatoms. The zero-order valence-electron chi connectivity index (χ0n) is 14.3. The van der Waals surface area contributed by atoms with Gasteiger partial charge in [0.25, 0.3) is 0 Å². The minimum atomic E-state index is -0.694. The Hall–Kier alpha value is -2.08. The van der Waals surface area contributed by atoms with Crippen LogP contribution in [0, 0.1) is 0 Å². The zero-order valence-corrected chi connectivity index (χ0v) is 14.3. The summed E-state index contributed by atoms with van der Waals surface area (Å²) >= 11 is 0. The Morgan fingerprint density at radius 1 is 1.12 bits per heavy atom. The minimum absolute atomic E-state index is 0.0720. The number of urea groups is 1. The van der Waals surface area contributed by atoms with Crippen molar-refractivity contribution in [1.29, 1.82) is 0 Å². The first kappa shape index (κ1) is 18.3. The normalized spacial score (nSPS) is 18.2. The first-order chi connectivity index (χ1) is 11.6. The first-order valence-electron chi connectivity index (χ1n) is 8.56. The van der Waals surface area contributed by atoms with Gasteiger partial charge in [-0.1, -0.05) is 30.3 Å². The number of carbonyl (C=O) groups is 2. The number of benzene rings is 1. The van der Waals surface area contributed by atoms with Crippen LogP contribution in [0.1, 0.15) is 25.3 Å². The summed E-state index contributed by atoms with van der Waals surface area (Å²) in [5.41, 5.74) is 1.31. The Morgan fingerprint density at radius 2 is 1.79 bits per heavy atom. The minimum Gasteiger partial charge on any atom is -0.389 e. The second-order valence-corrected chi connectivity index (χ2v) is 6.24. The maximum absolute atomic E-state index is 12.2. The second kappa shape index (κ2) is 9.27. The van der Waals surface area contributed by atoms with Gasteiger partial charge in [0.15, 0.2) is 0 Å². The molecule has 6 nitrogen and oxygen atoms in total. The smallest absolute Gasteiger partial charge is 0.317 e. The summed E-state index contributed by atoms with van der Waals surface area (Å²) < 4.78 is 0. The molecule has 1 fully saturated rings. The maximum Gasteiger partial charge on any atom is 0.317 e. The molecule has 1 heterocycles. The number of aliphatic hydroxyl groups excluding tert-OH is 1. The van der Waals surface area contributed by atoms with Gasteiger partial charge in [-0.2, -0.15) is 0 Å². The van der Waals surface area contributed by atoms with Crippen molar-refractivity contribution in [2.24, 2.45) is 0 Å². The molecule has 2 rings (SSSR count). The van der Waals surface area contributed by atoms with Gasteiger partial charge in [-0.15, -0.1) is 0 Å². The van der Waals surface area contributed by atoms with E-state index in [1.54, 1.807) is 9.80 Å². The molecule has 2 N–H and O–H groups in total. The highest BCUT2D eigenvalue weighted by atomic mass is 16.3. The van der Waals surface area contributed by atoms with Crippen LogP contribution in [-0.2, 0) is 11.2 Å². The lowest BCUT2D eigenvalue weighted by molar-refractivity contribution is -0.129. The molecular formula is C18H27N3O3. The molecule has 0 spiro atoms. The van der Waals surface area contributed by atoms with Crippen molar-refractivity contribution in [3.05, 3.63) is 35.9 Å². The van der Waals surface area contributed by atoms with Crippen molar-refractivity contribution < 1.29 is 14.7 Å². The average Bonchev–Trinajstić information content (AvgIpc) is 2.77. The molecule has 0 aromatic heterocycles. The molecule has 0 aliphatic carbocycles. The Balaban J connectivity index is 1.67. The van der Waals surface area contributed by atoms with Gasteiger partial charge in [0.2, 0.25) is 5.91 Å². The van der Waals surface area contributed by atoms with E-state index < -0.39 is 6.10 Å². The van der Waals surface area contributed by atoms with Crippen molar-refractivity contribution in [3.63, 3.8) is 0 Å². The quantitative estimate of drug-likeness (QED) is 0.797. The van der Waals surface area contributed by atoms with E-state index >= 15 is 0 Å². The molecule has 1 aromatic rings. The number of unbranched alkanes of at least 4 members (excludes halogenated alkanes) is 1. The van der Waals surface area contributed by atoms with E-state index in [4.69, 9.17) is 0 Å². The van der Waals surface area contributed by atoms with Gasteiger partial charge in [0.1, 0.15) is 0 Å². The van der Waals surface area contributed by atoms with Crippen molar-refractivity contribution in [2.45, 2.75) is 32.3 Å². The average molecular weight is 333 g/mol. The molecule has 3 amide bonds. The van der Waals surface area contributed by atoms with Crippen molar-refractivity contribution in [3.8, 4) is 0 Å². The van der Waals surface area contributed by atoms with E-state index in [0.717, 1.165) is 19.3 Å². The lowest BCUT2D eigenvalue weighted by atomic mass is 10.1. The van der Waals surface area contributed by atoms with Gasteiger partial charge in [-0.3, -0.25) is 4.79 Å². The molecule has 0 bridgehead atoms. The van der Waals surface area contributed by atoms with Gasteiger partial charge in [-0.25, -0.2) is 4.79 Å². The number of aliphatic hydroxyl groups is 1. The highest BCUT2D eigenvalue weighted by Crippen LogP contribution is 2.06. The van der Waals surface area contributed by atoms with Crippen LogP contribution in [0.25, 0.3) is 0 Å². The Labute approximate surface area is 143 Å². The van der Waals surface area contributed by atoms with Crippen LogP contribution in [0.5, 0.6) is 0 Å². The van der Waals surface area contributed by atoms with Gasteiger partial charge in [-0.05, 0) is 24.8 Å². The Bertz CT molecular complexity index is 536. The number of hydrogen-bond acceptors (Lipinski definition) is 3. The third-order valence-electron chi connectivity index (χ3n) is 4.25. The summed E-state index contributed by atoms with van der Waals surface area (Å²) in [6.07, 6.45) is 2.24. The van der Waals surface area contributed by atoms with Crippen molar-refractivity contribution in [1.82, 2.24) is 15.1 Å². The predicted octanol–water partition coefficient (Wildman–Crippen LogP) is 1.24. The molecule has 0 radical (unpaired) electrons. The second-order valence-electron chi connectivity index (χ2n) is 6.24. The fraction of sp³-hybridized carbons (Fsp3) is 0.556. The van der Waals surface area contributed by atoms with Crippen LogP contribution in [-0.4, -0.2) is 65.7 Å². The summed E-state index contributed by atoms with van der Waals surface area (Å²) in [6.45, 7) is 3.57. The SMILES string of the molecule is CC(=O)N1CCN(C(=O)NCCCCc2ccccc2)C[C@H](O)C1. The first-order valence-corrected chi connectivity index (χ1v) is 8.56. The van der Waals surface area contributed by atoms with E-state index in [2.05, 4.69) is 17.4 Å². The van der Waals surface area contributed by atoms with Crippen LogP contribution in [0.4, 0.5) is 4.79 Å². The highest BCUT2D eigenvalue weighted by molar-refractivity contribution is 5.75. The van der Waals surface area contributed by atoms with Crippen molar-refractivity contribution in [2.75, 3.05) is 32.7 Å². The summed E-state index contributed by atoms with van der Waals surface area (Å²) in [5.74, 6) is -0.0720. The third-order valence-corrected chi connectivity index (χ3v) is 4.25. The fourth-order valence-corrected chi connectivity index (χ4v) is 2.87. The lowest BCUT2D eigenvalue weighted by Gasteiger charge is -2.22. The van der Waals surface area contributed by atoms with E-state index in [9.17, 15) is 14.7 Å². The van der Waals surface area contributed by atoms with E-state index in [0.29, 0.717) is 19.6 Å². The summed E-state index contributed by atoms with van der Waals surface area (Å²) in [7, 11) is 0. The Morgan fingerprint density at radius 3 is 2.50 bits per heavy atom. The number of hydrogen-bond donors (Lipinski definition) is 2. The standard InChI is InChI=1S/C18H27N3O3/c1-15(22)20-11-12-21(14-17(23)13-20)18(24)19-10-6-5-9-16-7-3-2-4-8-16/h2-4,7-8,17,23H,5-6,9-14H2,1H3,(H,19,24)/t17-/m1/s1. The molecule has 0 saturated carbocycles. The van der Waals surface area contributed by atoms with E-state index in [1.165, 1.54) is 12.5 Å². The third kappa shape index (κ3) is 5.85. The highest BCUT2D eigenvalue weighted by Gasteiger charge is 2.25. The topological polar surface area (TPSA) is 72.9 Å². The van der Waals surface area contributed by atoms with E-state index in [-0.39, 0.29) is 25.0 Å². The molecule has 132 valence electrons. The van der Waals surface area contributed by atoms with Crippen LogP contribution in [0.15, 0.2) is 30.3 Å². The number of aryl methyl sites for hydroxylation is 1. The van der Waals surface area contributed by atoms with Crippen LogP contribution < -0.4 is 5.32 Å². The van der Waals surface area contributed by atoms with Gasteiger partial charge < -0.3 is 20.2 Å². The Kier molecular flexibility index (Phi) is 7.06. The molecule has 1 saturated heterocycles. The molecular weight excluding hydrogens is 306 g/mol. The lowest BCUT2D eigenvalue weighted by Crippen LogP contribution is -2.44. The zero-order chi connectivity index (χ0) is 17.4. The molecule has 1 aromatic carbocycles.